The molecule has 0 heterocycles. The van der Waals surface area contributed by atoms with Crippen LogP contribution in [0.3, 0.4) is 0 Å². The zero-order valence-corrected chi connectivity index (χ0v) is 13.6. The number of amides is 1. The van der Waals surface area contributed by atoms with Crippen LogP contribution in [0, 0.1) is 19.8 Å². The number of ether oxygens (including phenoxy) is 1. The van der Waals surface area contributed by atoms with Crippen molar-refractivity contribution in [2.24, 2.45) is 5.92 Å². The number of nitrogens with one attached hydrogen (secondary N) is 1. The second kappa shape index (κ2) is 7.43. The summed E-state index contributed by atoms with van der Waals surface area (Å²) in [5, 5.41) is 2.98. The smallest absolute Gasteiger partial charge is 0.338 e. The van der Waals surface area contributed by atoms with Crippen molar-refractivity contribution in [1.82, 2.24) is 5.32 Å². The van der Waals surface area contributed by atoms with Gasteiger partial charge in [0.1, 0.15) is 0 Å². The third-order valence-electron chi connectivity index (χ3n) is 4.53. The molecule has 22 heavy (non-hydrogen) atoms. The third-order valence-corrected chi connectivity index (χ3v) is 4.53. The first-order chi connectivity index (χ1) is 10.5. The molecule has 0 unspecified atom stereocenters. The maximum absolute atomic E-state index is 12.0. The van der Waals surface area contributed by atoms with E-state index >= 15 is 0 Å². The summed E-state index contributed by atoms with van der Waals surface area (Å²) in [6, 6.07) is 5.61. The van der Waals surface area contributed by atoms with E-state index in [1.54, 1.807) is 12.1 Å². The van der Waals surface area contributed by atoms with Gasteiger partial charge in [-0.3, -0.25) is 4.79 Å². The summed E-state index contributed by atoms with van der Waals surface area (Å²) in [6.45, 7) is 5.88. The van der Waals surface area contributed by atoms with Crippen LogP contribution < -0.4 is 5.32 Å². The Labute approximate surface area is 132 Å². The van der Waals surface area contributed by atoms with E-state index in [4.69, 9.17) is 4.74 Å². The molecule has 1 aromatic rings. The molecule has 120 valence electrons. The average molecular weight is 303 g/mol. The minimum atomic E-state index is -0.449. The monoisotopic (exact) mass is 303 g/mol. The lowest BCUT2D eigenvalue weighted by Crippen LogP contribution is -2.42. The van der Waals surface area contributed by atoms with E-state index in [2.05, 4.69) is 12.2 Å². The maximum atomic E-state index is 12.0. The van der Waals surface area contributed by atoms with E-state index in [9.17, 15) is 9.59 Å². The van der Waals surface area contributed by atoms with Crippen molar-refractivity contribution in [3.05, 3.63) is 34.9 Å². The molecule has 1 fully saturated rings. The van der Waals surface area contributed by atoms with Gasteiger partial charge >= 0.3 is 5.97 Å². The SMILES string of the molecule is Cc1ccc(C(=O)OCC(=O)N[C@@H]2CCCC[C@@H]2C)cc1C. The molecule has 1 aromatic carbocycles. The van der Waals surface area contributed by atoms with Crippen LogP contribution in [0.25, 0.3) is 0 Å². The third kappa shape index (κ3) is 4.33. The second-order valence-corrected chi connectivity index (χ2v) is 6.31. The fourth-order valence-corrected chi connectivity index (χ4v) is 2.86. The minimum absolute atomic E-state index is 0.210. The molecule has 4 heteroatoms. The van der Waals surface area contributed by atoms with Gasteiger partial charge in [0, 0.05) is 6.04 Å². The predicted octanol–water partition coefficient (Wildman–Crippen LogP) is 3.16. The van der Waals surface area contributed by atoms with Gasteiger partial charge in [-0.05, 0) is 55.9 Å². The second-order valence-electron chi connectivity index (χ2n) is 6.31. The molecule has 1 saturated carbocycles. The van der Waals surface area contributed by atoms with E-state index in [0.717, 1.165) is 30.4 Å². The summed E-state index contributed by atoms with van der Waals surface area (Å²) in [4.78, 5) is 23.9. The molecule has 1 amide bonds. The van der Waals surface area contributed by atoms with Crippen LogP contribution in [-0.2, 0) is 9.53 Å². The van der Waals surface area contributed by atoms with Crippen molar-refractivity contribution in [2.75, 3.05) is 6.61 Å². The van der Waals surface area contributed by atoms with Gasteiger partial charge < -0.3 is 10.1 Å². The molecular formula is C18H25NO3. The number of benzene rings is 1. The van der Waals surface area contributed by atoms with Crippen LogP contribution in [0.4, 0.5) is 0 Å². The Kier molecular flexibility index (Phi) is 5.58. The van der Waals surface area contributed by atoms with Crippen molar-refractivity contribution in [3.63, 3.8) is 0 Å². The molecule has 0 bridgehead atoms. The molecule has 1 aliphatic carbocycles. The number of carbonyl (C=O) groups excluding carboxylic acids is 2. The maximum Gasteiger partial charge on any atom is 0.338 e. The molecule has 4 nitrogen and oxygen atoms in total. The Morgan fingerprint density at radius 2 is 1.91 bits per heavy atom. The fraction of sp³-hybridized carbons (Fsp3) is 0.556. The first kappa shape index (κ1) is 16.5. The topological polar surface area (TPSA) is 55.4 Å². The molecule has 2 atom stereocenters. The normalized spacial score (nSPS) is 21.2. The first-order valence-corrected chi connectivity index (χ1v) is 8.01. The Morgan fingerprint density at radius 1 is 1.18 bits per heavy atom. The van der Waals surface area contributed by atoms with Gasteiger partial charge in [0.2, 0.25) is 0 Å². The zero-order chi connectivity index (χ0) is 16.1. The van der Waals surface area contributed by atoms with Gasteiger partial charge in [-0.25, -0.2) is 4.79 Å². The molecular weight excluding hydrogens is 278 g/mol. The van der Waals surface area contributed by atoms with Crippen LogP contribution in [0.1, 0.15) is 54.1 Å². The zero-order valence-electron chi connectivity index (χ0n) is 13.6. The largest absolute Gasteiger partial charge is 0.452 e. The molecule has 2 rings (SSSR count). The van der Waals surface area contributed by atoms with Crippen LogP contribution in [0.5, 0.6) is 0 Å². The summed E-state index contributed by atoms with van der Waals surface area (Å²) in [5.41, 5.74) is 2.65. The Morgan fingerprint density at radius 3 is 2.59 bits per heavy atom. The molecule has 0 saturated heterocycles. The van der Waals surface area contributed by atoms with Crippen molar-refractivity contribution in [1.29, 1.82) is 0 Å². The van der Waals surface area contributed by atoms with Crippen molar-refractivity contribution < 1.29 is 14.3 Å². The lowest BCUT2D eigenvalue weighted by molar-refractivity contribution is -0.125. The molecule has 1 aliphatic rings. The lowest BCUT2D eigenvalue weighted by atomic mass is 9.86. The van der Waals surface area contributed by atoms with Gasteiger partial charge in [0.25, 0.3) is 5.91 Å². The van der Waals surface area contributed by atoms with Crippen molar-refractivity contribution in [3.8, 4) is 0 Å². The van der Waals surface area contributed by atoms with Crippen LogP contribution in [-0.4, -0.2) is 24.5 Å². The number of aryl methyl sites for hydroxylation is 2. The van der Waals surface area contributed by atoms with E-state index in [1.165, 1.54) is 6.42 Å². The van der Waals surface area contributed by atoms with Crippen molar-refractivity contribution in [2.45, 2.75) is 52.5 Å². The van der Waals surface area contributed by atoms with Crippen LogP contribution in [0.15, 0.2) is 18.2 Å². The Bertz CT molecular complexity index is 553. The summed E-state index contributed by atoms with van der Waals surface area (Å²) >= 11 is 0. The number of hydrogen-bond donors (Lipinski definition) is 1. The van der Waals surface area contributed by atoms with Gasteiger partial charge in [0.05, 0.1) is 5.56 Å². The standard InChI is InChI=1S/C18H25NO3/c1-12-8-9-15(10-14(12)3)18(21)22-11-17(20)19-16-7-5-4-6-13(16)2/h8-10,13,16H,4-7,11H2,1-3H3,(H,19,20)/t13-,16+/m0/s1. The summed E-state index contributed by atoms with van der Waals surface area (Å²) in [5.74, 6) is -0.168. The van der Waals surface area contributed by atoms with Gasteiger partial charge in [-0.15, -0.1) is 0 Å². The quantitative estimate of drug-likeness (QED) is 0.869. The highest BCUT2D eigenvalue weighted by molar-refractivity contribution is 5.91. The number of esters is 1. The Balaban J connectivity index is 1.82. The predicted molar refractivity (Wildman–Crippen MR) is 85.8 cm³/mol. The molecule has 0 aromatic heterocycles. The molecule has 0 spiro atoms. The lowest BCUT2D eigenvalue weighted by Gasteiger charge is -2.29. The minimum Gasteiger partial charge on any atom is -0.452 e. The summed E-state index contributed by atoms with van der Waals surface area (Å²) in [6.07, 6.45) is 4.54. The van der Waals surface area contributed by atoms with Gasteiger partial charge in [-0.2, -0.15) is 0 Å². The average Bonchev–Trinajstić information content (AvgIpc) is 2.50. The molecule has 0 aliphatic heterocycles. The summed E-state index contributed by atoms with van der Waals surface area (Å²) < 4.78 is 5.11. The van der Waals surface area contributed by atoms with E-state index in [0.29, 0.717) is 11.5 Å². The highest BCUT2D eigenvalue weighted by Crippen LogP contribution is 2.23. The van der Waals surface area contributed by atoms with Gasteiger partial charge in [0.15, 0.2) is 6.61 Å². The molecule has 0 radical (unpaired) electrons. The summed E-state index contributed by atoms with van der Waals surface area (Å²) in [7, 11) is 0. The van der Waals surface area contributed by atoms with Crippen LogP contribution >= 0.6 is 0 Å². The van der Waals surface area contributed by atoms with Crippen molar-refractivity contribution >= 4 is 11.9 Å². The number of carbonyl (C=O) groups is 2. The van der Waals surface area contributed by atoms with E-state index < -0.39 is 5.97 Å². The molecule has 1 N–H and O–H groups in total. The van der Waals surface area contributed by atoms with Crippen LogP contribution in [0.2, 0.25) is 0 Å². The Hall–Kier alpha value is -1.84. The highest BCUT2D eigenvalue weighted by Gasteiger charge is 2.23. The highest BCUT2D eigenvalue weighted by atomic mass is 16.5. The number of hydrogen-bond acceptors (Lipinski definition) is 3. The fourth-order valence-electron chi connectivity index (χ4n) is 2.86. The number of rotatable bonds is 4. The van der Waals surface area contributed by atoms with E-state index in [-0.39, 0.29) is 18.6 Å². The first-order valence-electron chi connectivity index (χ1n) is 8.01. The van der Waals surface area contributed by atoms with Gasteiger partial charge in [-0.1, -0.05) is 25.8 Å². The van der Waals surface area contributed by atoms with E-state index in [1.807, 2.05) is 19.9 Å².